The summed E-state index contributed by atoms with van der Waals surface area (Å²) in [6.07, 6.45) is 1.04. The molecular formula is C11H14N2OS. The molecule has 2 N–H and O–H groups in total. The van der Waals surface area contributed by atoms with Gasteiger partial charge >= 0.3 is 0 Å². The van der Waals surface area contributed by atoms with Crippen molar-refractivity contribution in [2.75, 3.05) is 5.73 Å². The fourth-order valence-electron chi connectivity index (χ4n) is 1.86. The number of hydrogen-bond acceptors (Lipinski definition) is 4. The highest BCUT2D eigenvalue weighted by molar-refractivity contribution is 7.16. The van der Waals surface area contributed by atoms with Crippen LogP contribution in [0.3, 0.4) is 0 Å². The summed E-state index contributed by atoms with van der Waals surface area (Å²) in [4.78, 5) is 1.13. The van der Waals surface area contributed by atoms with E-state index in [4.69, 9.17) is 15.7 Å². The first-order valence-corrected chi connectivity index (χ1v) is 5.86. The minimum atomic E-state index is 0.221. The molecule has 0 saturated carbocycles. The first kappa shape index (κ1) is 10.5. The van der Waals surface area contributed by atoms with Gasteiger partial charge in [0.15, 0.2) is 0 Å². The number of hydrogen-bond donors (Lipinski definition) is 1. The zero-order valence-electron chi connectivity index (χ0n) is 8.91. The number of anilines is 1. The summed E-state index contributed by atoms with van der Waals surface area (Å²) in [7, 11) is 0. The van der Waals surface area contributed by atoms with Gasteiger partial charge in [0.25, 0.3) is 0 Å². The molecular weight excluding hydrogens is 208 g/mol. The van der Waals surface area contributed by atoms with E-state index in [1.54, 1.807) is 0 Å². The molecule has 80 valence electrons. The van der Waals surface area contributed by atoms with Crippen LogP contribution in [-0.4, -0.2) is 6.10 Å². The maximum absolute atomic E-state index is 9.02. The number of ether oxygens (including phenoxy) is 1. The van der Waals surface area contributed by atoms with Gasteiger partial charge in [0.2, 0.25) is 0 Å². The number of nitrogens with zero attached hydrogens (tertiary/aromatic N) is 1. The van der Waals surface area contributed by atoms with E-state index in [0.717, 1.165) is 16.9 Å². The lowest BCUT2D eigenvalue weighted by Gasteiger charge is -2.26. The molecule has 4 heteroatoms. The number of fused-ring (bicyclic) bond motifs is 1. The molecule has 1 aliphatic rings. The van der Waals surface area contributed by atoms with Crippen LogP contribution in [0.5, 0.6) is 0 Å². The van der Waals surface area contributed by atoms with Crippen molar-refractivity contribution >= 4 is 16.3 Å². The molecule has 2 heterocycles. The Morgan fingerprint density at radius 2 is 2.33 bits per heavy atom. The SMILES string of the molecule is CC(C)[C@@H]1Cc2c(sc(N)c2C#N)CO1. The Morgan fingerprint density at radius 3 is 2.93 bits per heavy atom. The van der Waals surface area contributed by atoms with Crippen molar-refractivity contribution in [3.8, 4) is 6.07 Å². The molecule has 0 bridgehead atoms. The predicted molar refractivity (Wildman–Crippen MR) is 60.6 cm³/mol. The van der Waals surface area contributed by atoms with Crippen molar-refractivity contribution in [2.24, 2.45) is 5.92 Å². The highest BCUT2D eigenvalue weighted by Gasteiger charge is 2.27. The van der Waals surface area contributed by atoms with Gasteiger partial charge in [-0.2, -0.15) is 5.26 Å². The Morgan fingerprint density at radius 1 is 1.60 bits per heavy atom. The van der Waals surface area contributed by atoms with Crippen LogP contribution in [0.15, 0.2) is 0 Å². The van der Waals surface area contributed by atoms with Crippen LogP contribution in [0.2, 0.25) is 0 Å². The molecule has 2 rings (SSSR count). The highest BCUT2D eigenvalue weighted by atomic mass is 32.1. The van der Waals surface area contributed by atoms with Crippen molar-refractivity contribution in [1.82, 2.24) is 0 Å². The second-order valence-corrected chi connectivity index (χ2v) is 5.29. The summed E-state index contributed by atoms with van der Waals surface area (Å²) in [5.74, 6) is 0.478. The fraction of sp³-hybridized carbons (Fsp3) is 0.545. The van der Waals surface area contributed by atoms with Crippen LogP contribution in [0, 0.1) is 17.2 Å². The zero-order chi connectivity index (χ0) is 11.0. The van der Waals surface area contributed by atoms with Crippen molar-refractivity contribution in [1.29, 1.82) is 5.26 Å². The molecule has 3 nitrogen and oxygen atoms in total. The van der Waals surface area contributed by atoms with Crippen molar-refractivity contribution in [3.63, 3.8) is 0 Å². The molecule has 1 aromatic rings. The van der Waals surface area contributed by atoms with E-state index in [1.807, 2.05) is 0 Å². The third-order valence-corrected chi connectivity index (χ3v) is 3.84. The number of thiophene rings is 1. The molecule has 0 saturated heterocycles. The minimum absolute atomic E-state index is 0.221. The molecule has 1 atom stereocenters. The summed E-state index contributed by atoms with van der Waals surface area (Å²) in [6, 6.07) is 2.19. The summed E-state index contributed by atoms with van der Waals surface area (Å²) in [5, 5.41) is 9.66. The average molecular weight is 222 g/mol. The third-order valence-electron chi connectivity index (χ3n) is 2.81. The van der Waals surface area contributed by atoms with Crippen LogP contribution < -0.4 is 5.73 Å². The van der Waals surface area contributed by atoms with Gasteiger partial charge in [-0.05, 0) is 11.5 Å². The third kappa shape index (κ3) is 1.73. The predicted octanol–water partition coefficient (Wildman–Crippen LogP) is 2.30. The van der Waals surface area contributed by atoms with E-state index in [1.165, 1.54) is 11.3 Å². The Kier molecular flexibility index (Phi) is 2.68. The largest absolute Gasteiger partial charge is 0.389 e. The molecule has 1 aliphatic heterocycles. The van der Waals surface area contributed by atoms with E-state index >= 15 is 0 Å². The van der Waals surface area contributed by atoms with Crippen LogP contribution in [-0.2, 0) is 17.8 Å². The molecule has 0 unspecified atom stereocenters. The summed E-state index contributed by atoms with van der Waals surface area (Å²) < 4.78 is 5.72. The average Bonchev–Trinajstić information content (AvgIpc) is 2.51. The van der Waals surface area contributed by atoms with E-state index in [0.29, 0.717) is 23.1 Å². The summed E-state index contributed by atoms with van der Waals surface area (Å²) in [6.45, 7) is 4.88. The molecule has 0 fully saturated rings. The second-order valence-electron chi connectivity index (χ2n) is 4.15. The van der Waals surface area contributed by atoms with Crippen LogP contribution in [0.1, 0.15) is 29.9 Å². The maximum atomic E-state index is 9.02. The van der Waals surface area contributed by atoms with E-state index in [-0.39, 0.29) is 6.10 Å². The van der Waals surface area contributed by atoms with Gasteiger partial charge in [0.1, 0.15) is 11.1 Å². The van der Waals surface area contributed by atoms with Gasteiger partial charge < -0.3 is 10.5 Å². The Bertz CT molecular complexity index is 417. The first-order chi connectivity index (χ1) is 7.13. The number of nitriles is 1. The molecule has 1 aromatic heterocycles. The molecule has 0 aromatic carbocycles. The van der Waals surface area contributed by atoms with Crippen molar-refractivity contribution in [2.45, 2.75) is 33.0 Å². The molecule has 0 amide bonds. The standard InChI is InChI=1S/C11H14N2OS/c1-6(2)9-3-7-8(4-12)11(13)15-10(7)5-14-9/h6,9H,3,5,13H2,1-2H3/t9-/m0/s1. The first-order valence-electron chi connectivity index (χ1n) is 5.05. The Labute approximate surface area is 93.5 Å². The van der Waals surface area contributed by atoms with Crippen LogP contribution in [0.25, 0.3) is 0 Å². The van der Waals surface area contributed by atoms with E-state index in [2.05, 4.69) is 19.9 Å². The molecule has 0 aliphatic carbocycles. The molecule has 15 heavy (non-hydrogen) atoms. The van der Waals surface area contributed by atoms with Crippen molar-refractivity contribution < 1.29 is 4.74 Å². The minimum Gasteiger partial charge on any atom is -0.389 e. The second kappa shape index (κ2) is 3.84. The van der Waals surface area contributed by atoms with Gasteiger partial charge in [-0.25, -0.2) is 0 Å². The normalized spacial score (nSPS) is 20.0. The Balaban J connectivity index is 2.36. The highest BCUT2D eigenvalue weighted by Crippen LogP contribution is 2.36. The van der Waals surface area contributed by atoms with Gasteiger partial charge in [-0.1, -0.05) is 13.8 Å². The summed E-state index contributed by atoms with van der Waals surface area (Å²) >= 11 is 1.49. The topological polar surface area (TPSA) is 59.0 Å². The van der Waals surface area contributed by atoms with Crippen LogP contribution in [0.4, 0.5) is 5.00 Å². The van der Waals surface area contributed by atoms with E-state index < -0.39 is 0 Å². The maximum Gasteiger partial charge on any atom is 0.104 e. The summed E-state index contributed by atoms with van der Waals surface area (Å²) in [5.41, 5.74) is 7.58. The van der Waals surface area contributed by atoms with Gasteiger partial charge in [-0.3, -0.25) is 0 Å². The zero-order valence-corrected chi connectivity index (χ0v) is 9.73. The molecule has 0 spiro atoms. The van der Waals surface area contributed by atoms with Crippen molar-refractivity contribution in [3.05, 3.63) is 16.0 Å². The lowest BCUT2D eigenvalue weighted by Crippen LogP contribution is -2.26. The lowest BCUT2D eigenvalue weighted by atomic mass is 9.95. The number of nitrogen functional groups attached to an aromatic ring is 1. The smallest absolute Gasteiger partial charge is 0.104 e. The molecule has 0 radical (unpaired) electrons. The van der Waals surface area contributed by atoms with Gasteiger partial charge in [-0.15, -0.1) is 11.3 Å². The quantitative estimate of drug-likeness (QED) is 0.793. The lowest BCUT2D eigenvalue weighted by molar-refractivity contribution is 0.00161. The number of rotatable bonds is 1. The monoisotopic (exact) mass is 222 g/mol. The van der Waals surface area contributed by atoms with E-state index in [9.17, 15) is 0 Å². The van der Waals surface area contributed by atoms with Gasteiger partial charge in [0, 0.05) is 11.3 Å². The fourth-order valence-corrected chi connectivity index (χ4v) is 2.83. The van der Waals surface area contributed by atoms with Crippen LogP contribution >= 0.6 is 11.3 Å². The van der Waals surface area contributed by atoms with Gasteiger partial charge in [0.05, 0.1) is 18.3 Å². The number of nitrogens with two attached hydrogens (primary N) is 1. The Hall–Kier alpha value is -1.05.